The Morgan fingerprint density at radius 1 is 1.54 bits per heavy atom. The highest BCUT2D eigenvalue weighted by Crippen LogP contribution is 2.26. The Bertz CT molecular complexity index is 137. The van der Waals surface area contributed by atoms with E-state index >= 15 is 0 Å². The number of rotatable bonds is 7. The predicted octanol–water partition coefficient (Wildman–Crippen LogP) is 0.441. The average molecular weight is 186 g/mol. The SMILES string of the molecule is CCCN(CC(O)CNC)C1CC1. The van der Waals surface area contributed by atoms with Crippen LogP contribution in [-0.2, 0) is 0 Å². The first-order valence-electron chi connectivity index (χ1n) is 5.34. The number of aliphatic hydroxyl groups is 1. The molecule has 0 heterocycles. The lowest BCUT2D eigenvalue weighted by Crippen LogP contribution is -2.39. The molecule has 0 aromatic carbocycles. The summed E-state index contributed by atoms with van der Waals surface area (Å²) in [6, 6.07) is 0.770. The van der Waals surface area contributed by atoms with Crippen molar-refractivity contribution in [2.24, 2.45) is 0 Å². The van der Waals surface area contributed by atoms with Gasteiger partial charge in [0, 0.05) is 19.1 Å². The zero-order valence-corrected chi connectivity index (χ0v) is 8.79. The van der Waals surface area contributed by atoms with Gasteiger partial charge in [0.2, 0.25) is 0 Å². The van der Waals surface area contributed by atoms with Gasteiger partial charge in [-0.3, -0.25) is 4.90 Å². The predicted molar refractivity (Wildman–Crippen MR) is 54.8 cm³/mol. The second-order valence-electron chi connectivity index (χ2n) is 3.94. The van der Waals surface area contributed by atoms with Gasteiger partial charge in [-0.05, 0) is 32.9 Å². The van der Waals surface area contributed by atoms with Crippen LogP contribution in [0.4, 0.5) is 0 Å². The first-order valence-corrected chi connectivity index (χ1v) is 5.34. The van der Waals surface area contributed by atoms with Crippen molar-refractivity contribution in [2.45, 2.75) is 38.3 Å². The Kier molecular flexibility index (Phi) is 4.70. The molecular formula is C10H22N2O. The van der Waals surface area contributed by atoms with Gasteiger partial charge in [0.1, 0.15) is 0 Å². The molecule has 0 aromatic rings. The fraction of sp³-hybridized carbons (Fsp3) is 1.00. The van der Waals surface area contributed by atoms with Crippen molar-refractivity contribution in [3.8, 4) is 0 Å². The average Bonchev–Trinajstić information content (AvgIpc) is 2.86. The molecule has 1 atom stereocenters. The number of aliphatic hydroxyl groups excluding tert-OH is 1. The molecular weight excluding hydrogens is 164 g/mol. The van der Waals surface area contributed by atoms with E-state index in [4.69, 9.17) is 0 Å². The van der Waals surface area contributed by atoms with E-state index in [2.05, 4.69) is 17.1 Å². The highest BCUT2D eigenvalue weighted by atomic mass is 16.3. The maximum atomic E-state index is 9.62. The zero-order valence-electron chi connectivity index (χ0n) is 8.79. The number of nitrogens with one attached hydrogen (secondary N) is 1. The molecule has 0 saturated heterocycles. The van der Waals surface area contributed by atoms with E-state index in [1.165, 1.54) is 19.3 Å². The molecule has 0 aromatic heterocycles. The highest BCUT2D eigenvalue weighted by molar-refractivity contribution is 4.85. The van der Waals surface area contributed by atoms with Crippen LogP contribution in [0.2, 0.25) is 0 Å². The molecule has 0 amide bonds. The van der Waals surface area contributed by atoms with E-state index in [0.29, 0.717) is 6.54 Å². The van der Waals surface area contributed by atoms with E-state index in [9.17, 15) is 5.11 Å². The summed E-state index contributed by atoms with van der Waals surface area (Å²) in [6.07, 6.45) is 3.62. The van der Waals surface area contributed by atoms with E-state index < -0.39 is 0 Å². The maximum absolute atomic E-state index is 9.62. The van der Waals surface area contributed by atoms with Gasteiger partial charge in [-0.25, -0.2) is 0 Å². The van der Waals surface area contributed by atoms with Gasteiger partial charge in [-0.15, -0.1) is 0 Å². The number of hydrogen-bond acceptors (Lipinski definition) is 3. The van der Waals surface area contributed by atoms with Crippen LogP contribution in [0.5, 0.6) is 0 Å². The quantitative estimate of drug-likeness (QED) is 0.605. The van der Waals surface area contributed by atoms with Crippen LogP contribution in [-0.4, -0.2) is 48.8 Å². The first kappa shape index (κ1) is 11.0. The molecule has 1 aliphatic carbocycles. The molecule has 0 radical (unpaired) electrons. The number of likely N-dealkylation sites (N-methyl/N-ethyl adjacent to an activating group) is 1. The van der Waals surface area contributed by atoms with Crippen LogP contribution in [0.25, 0.3) is 0 Å². The van der Waals surface area contributed by atoms with E-state index in [-0.39, 0.29) is 6.10 Å². The monoisotopic (exact) mass is 186 g/mol. The molecule has 1 rings (SSSR count). The summed E-state index contributed by atoms with van der Waals surface area (Å²) in [7, 11) is 1.88. The molecule has 3 nitrogen and oxygen atoms in total. The molecule has 0 bridgehead atoms. The Hall–Kier alpha value is -0.120. The van der Waals surface area contributed by atoms with E-state index in [0.717, 1.165) is 19.1 Å². The smallest absolute Gasteiger partial charge is 0.0791 e. The molecule has 1 saturated carbocycles. The van der Waals surface area contributed by atoms with Gasteiger partial charge >= 0.3 is 0 Å². The van der Waals surface area contributed by atoms with Crippen molar-refractivity contribution in [3.63, 3.8) is 0 Å². The van der Waals surface area contributed by atoms with Gasteiger partial charge in [0.15, 0.2) is 0 Å². The third-order valence-electron chi connectivity index (χ3n) is 2.46. The number of nitrogens with zero attached hydrogens (tertiary/aromatic N) is 1. The van der Waals surface area contributed by atoms with Crippen LogP contribution in [0.15, 0.2) is 0 Å². The minimum absolute atomic E-state index is 0.211. The zero-order chi connectivity index (χ0) is 9.68. The lowest BCUT2D eigenvalue weighted by Gasteiger charge is -2.24. The summed E-state index contributed by atoms with van der Waals surface area (Å²) in [5, 5.41) is 12.6. The van der Waals surface area contributed by atoms with Crippen LogP contribution in [0, 0.1) is 0 Å². The first-order chi connectivity index (χ1) is 6.27. The van der Waals surface area contributed by atoms with Crippen molar-refractivity contribution < 1.29 is 5.11 Å². The van der Waals surface area contributed by atoms with Crippen molar-refractivity contribution in [3.05, 3.63) is 0 Å². The Balaban J connectivity index is 2.20. The van der Waals surface area contributed by atoms with Gasteiger partial charge in [0.25, 0.3) is 0 Å². The van der Waals surface area contributed by atoms with Crippen molar-refractivity contribution >= 4 is 0 Å². The Labute approximate surface area is 81.1 Å². The van der Waals surface area contributed by atoms with Crippen LogP contribution < -0.4 is 5.32 Å². The summed E-state index contributed by atoms with van der Waals surface area (Å²) >= 11 is 0. The molecule has 0 spiro atoms. The largest absolute Gasteiger partial charge is 0.390 e. The molecule has 3 heteroatoms. The van der Waals surface area contributed by atoms with Crippen LogP contribution >= 0.6 is 0 Å². The van der Waals surface area contributed by atoms with Crippen LogP contribution in [0.1, 0.15) is 26.2 Å². The second kappa shape index (κ2) is 5.58. The molecule has 1 unspecified atom stereocenters. The Morgan fingerprint density at radius 3 is 2.69 bits per heavy atom. The van der Waals surface area contributed by atoms with Crippen molar-refractivity contribution in [2.75, 3.05) is 26.7 Å². The summed E-state index contributed by atoms with van der Waals surface area (Å²) in [5.41, 5.74) is 0. The molecule has 13 heavy (non-hydrogen) atoms. The normalized spacial score (nSPS) is 19.4. The fourth-order valence-electron chi connectivity index (χ4n) is 1.72. The van der Waals surface area contributed by atoms with Crippen molar-refractivity contribution in [1.29, 1.82) is 0 Å². The lowest BCUT2D eigenvalue weighted by atomic mass is 10.3. The lowest BCUT2D eigenvalue weighted by molar-refractivity contribution is 0.108. The Morgan fingerprint density at radius 2 is 2.23 bits per heavy atom. The minimum atomic E-state index is -0.211. The fourth-order valence-corrected chi connectivity index (χ4v) is 1.72. The summed E-state index contributed by atoms with van der Waals surface area (Å²) in [4.78, 5) is 2.42. The van der Waals surface area contributed by atoms with Crippen LogP contribution in [0.3, 0.4) is 0 Å². The third-order valence-corrected chi connectivity index (χ3v) is 2.46. The van der Waals surface area contributed by atoms with Gasteiger partial charge in [-0.1, -0.05) is 6.92 Å². The third kappa shape index (κ3) is 4.07. The highest BCUT2D eigenvalue weighted by Gasteiger charge is 2.29. The maximum Gasteiger partial charge on any atom is 0.0791 e. The van der Waals surface area contributed by atoms with Gasteiger partial charge in [-0.2, -0.15) is 0 Å². The molecule has 1 fully saturated rings. The summed E-state index contributed by atoms with van der Waals surface area (Å²) in [5.74, 6) is 0. The minimum Gasteiger partial charge on any atom is -0.390 e. The molecule has 1 aliphatic rings. The van der Waals surface area contributed by atoms with Crippen molar-refractivity contribution in [1.82, 2.24) is 10.2 Å². The molecule has 0 aliphatic heterocycles. The standard InChI is InChI=1S/C10H22N2O/c1-3-6-12(9-4-5-9)8-10(13)7-11-2/h9-11,13H,3-8H2,1-2H3. The topological polar surface area (TPSA) is 35.5 Å². The van der Waals surface area contributed by atoms with E-state index in [1.54, 1.807) is 0 Å². The van der Waals surface area contributed by atoms with Gasteiger partial charge in [0.05, 0.1) is 6.10 Å². The molecule has 78 valence electrons. The summed E-state index contributed by atoms with van der Waals surface area (Å²) < 4.78 is 0. The second-order valence-corrected chi connectivity index (χ2v) is 3.94. The molecule has 2 N–H and O–H groups in total. The number of hydrogen-bond donors (Lipinski definition) is 2. The van der Waals surface area contributed by atoms with E-state index in [1.807, 2.05) is 7.05 Å². The summed E-state index contributed by atoms with van der Waals surface area (Å²) in [6.45, 7) is 4.86. The van der Waals surface area contributed by atoms with Gasteiger partial charge < -0.3 is 10.4 Å².